The lowest BCUT2D eigenvalue weighted by Gasteiger charge is -2.27. The summed E-state index contributed by atoms with van der Waals surface area (Å²) in [5.41, 5.74) is 3.90. The van der Waals surface area contributed by atoms with E-state index in [9.17, 15) is 0 Å². The van der Waals surface area contributed by atoms with Gasteiger partial charge in [-0.2, -0.15) is 0 Å². The smallest absolute Gasteiger partial charge is 0.126 e. The molecule has 0 aliphatic rings. The van der Waals surface area contributed by atoms with Gasteiger partial charge in [-0.15, -0.1) is 12.3 Å². The van der Waals surface area contributed by atoms with E-state index >= 15 is 0 Å². The first-order chi connectivity index (χ1) is 9.35. The molecule has 0 aliphatic heterocycles. The van der Waals surface area contributed by atoms with Crippen molar-refractivity contribution in [3.63, 3.8) is 0 Å². The van der Waals surface area contributed by atoms with Gasteiger partial charge in [0, 0.05) is 12.0 Å². The van der Waals surface area contributed by atoms with Crippen LogP contribution in [0.2, 0.25) is 0 Å². The molecular weight excluding hydrogens is 244 g/mol. The highest BCUT2D eigenvalue weighted by molar-refractivity contribution is 5.49. The Balaban J connectivity index is 3.45. The van der Waals surface area contributed by atoms with Gasteiger partial charge in [-0.25, -0.2) is 0 Å². The van der Waals surface area contributed by atoms with Gasteiger partial charge in [0.1, 0.15) is 5.75 Å². The predicted molar refractivity (Wildman–Crippen MR) is 87.5 cm³/mol. The Morgan fingerprint density at radius 1 is 1.30 bits per heavy atom. The minimum atomic E-state index is 0.0685. The first kappa shape index (κ1) is 16.6. The van der Waals surface area contributed by atoms with Crippen molar-refractivity contribution in [1.82, 2.24) is 0 Å². The third-order valence-corrected chi connectivity index (χ3v) is 3.72. The largest absolute Gasteiger partial charge is 0.496 e. The molecule has 0 bridgehead atoms. The minimum Gasteiger partial charge on any atom is -0.496 e. The first-order valence-electron chi connectivity index (χ1n) is 7.47. The third-order valence-electron chi connectivity index (χ3n) is 3.72. The van der Waals surface area contributed by atoms with E-state index in [2.05, 4.69) is 52.7 Å². The molecule has 1 heteroatoms. The number of aryl methyl sites for hydroxylation is 1. The molecule has 1 unspecified atom stereocenters. The van der Waals surface area contributed by atoms with Gasteiger partial charge in [0.15, 0.2) is 0 Å². The lowest BCUT2D eigenvalue weighted by molar-refractivity contribution is 0.387. The molecule has 1 atom stereocenters. The van der Waals surface area contributed by atoms with Crippen LogP contribution in [0.3, 0.4) is 0 Å². The van der Waals surface area contributed by atoms with E-state index in [4.69, 9.17) is 11.2 Å². The molecule has 1 aromatic rings. The van der Waals surface area contributed by atoms with Crippen LogP contribution in [0.15, 0.2) is 12.1 Å². The zero-order chi connectivity index (χ0) is 15.3. The summed E-state index contributed by atoms with van der Waals surface area (Å²) in [7, 11) is 1.77. The molecule has 1 rings (SSSR count). The number of hydrogen-bond acceptors (Lipinski definition) is 1. The van der Waals surface area contributed by atoms with Crippen molar-refractivity contribution >= 4 is 0 Å². The van der Waals surface area contributed by atoms with E-state index in [1.807, 2.05) is 0 Å². The van der Waals surface area contributed by atoms with Crippen molar-refractivity contribution in [2.24, 2.45) is 0 Å². The van der Waals surface area contributed by atoms with Crippen LogP contribution >= 0.6 is 0 Å². The fraction of sp³-hybridized carbons (Fsp3) is 0.579. The summed E-state index contributed by atoms with van der Waals surface area (Å²) in [5, 5.41) is 0. The molecule has 0 heterocycles. The Bertz CT molecular complexity index is 486. The summed E-state index contributed by atoms with van der Waals surface area (Å²) in [6, 6.07) is 4.48. The van der Waals surface area contributed by atoms with Crippen LogP contribution in [0.5, 0.6) is 5.75 Å². The number of hydrogen-bond donors (Lipinski definition) is 0. The van der Waals surface area contributed by atoms with Gasteiger partial charge in [-0.3, -0.25) is 0 Å². The van der Waals surface area contributed by atoms with Gasteiger partial charge in [-0.1, -0.05) is 51.8 Å². The average Bonchev–Trinajstić information content (AvgIpc) is 2.36. The average molecular weight is 272 g/mol. The Hall–Kier alpha value is -1.42. The van der Waals surface area contributed by atoms with Gasteiger partial charge in [0.05, 0.1) is 7.11 Å². The SMILES string of the molecule is C#CCC(CCC)c1cc(C)cc(C(C)(C)C)c1OC. The number of rotatable bonds is 5. The van der Waals surface area contributed by atoms with Crippen LogP contribution in [0.4, 0.5) is 0 Å². The van der Waals surface area contributed by atoms with Crippen molar-refractivity contribution < 1.29 is 4.74 Å². The van der Waals surface area contributed by atoms with Gasteiger partial charge >= 0.3 is 0 Å². The molecule has 0 saturated heterocycles. The summed E-state index contributed by atoms with van der Waals surface area (Å²) in [4.78, 5) is 0. The Kier molecular flexibility index (Phi) is 5.69. The maximum atomic E-state index is 5.76. The molecular formula is C19H28O. The molecule has 1 aromatic carbocycles. The molecule has 1 nitrogen and oxygen atoms in total. The third kappa shape index (κ3) is 3.79. The van der Waals surface area contributed by atoms with Crippen LogP contribution in [-0.2, 0) is 5.41 Å². The number of terminal acetylenes is 1. The molecule has 0 radical (unpaired) electrons. The number of benzene rings is 1. The van der Waals surface area contributed by atoms with Gasteiger partial charge < -0.3 is 4.74 Å². The molecule has 0 spiro atoms. The lowest BCUT2D eigenvalue weighted by Crippen LogP contribution is -2.15. The Morgan fingerprint density at radius 3 is 2.40 bits per heavy atom. The first-order valence-corrected chi connectivity index (χ1v) is 7.47. The Labute approximate surface area is 124 Å². The maximum Gasteiger partial charge on any atom is 0.126 e. The second kappa shape index (κ2) is 6.84. The second-order valence-corrected chi connectivity index (χ2v) is 6.58. The zero-order valence-electron chi connectivity index (χ0n) is 13.8. The standard InChI is InChI=1S/C19H28O/c1-8-10-15(11-9-2)16-12-14(3)13-17(18(16)20-7)19(4,5)6/h1,12-13,15H,9-11H2,2-7H3. The minimum absolute atomic E-state index is 0.0685. The topological polar surface area (TPSA) is 9.23 Å². The number of ether oxygens (including phenoxy) is 1. The fourth-order valence-corrected chi connectivity index (χ4v) is 2.75. The zero-order valence-corrected chi connectivity index (χ0v) is 13.8. The molecule has 110 valence electrons. The van der Waals surface area contributed by atoms with Crippen LogP contribution in [0.25, 0.3) is 0 Å². The highest BCUT2D eigenvalue weighted by Crippen LogP contribution is 2.40. The number of methoxy groups -OCH3 is 1. The quantitative estimate of drug-likeness (QED) is 0.669. The van der Waals surface area contributed by atoms with Crippen LogP contribution in [-0.4, -0.2) is 7.11 Å². The molecule has 0 aromatic heterocycles. The Morgan fingerprint density at radius 2 is 1.95 bits per heavy atom. The molecule has 0 N–H and O–H groups in total. The van der Waals surface area contributed by atoms with E-state index in [1.165, 1.54) is 16.7 Å². The molecule has 0 fully saturated rings. The molecule has 0 amide bonds. The summed E-state index contributed by atoms with van der Waals surface area (Å²) < 4.78 is 5.76. The molecule has 0 aliphatic carbocycles. The lowest BCUT2D eigenvalue weighted by atomic mass is 9.80. The fourth-order valence-electron chi connectivity index (χ4n) is 2.75. The van der Waals surface area contributed by atoms with Crippen molar-refractivity contribution in [2.45, 2.75) is 65.2 Å². The predicted octanol–water partition coefficient (Wildman–Crippen LogP) is 5.21. The van der Waals surface area contributed by atoms with Crippen LogP contribution in [0.1, 0.15) is 69.6 Å². The van der Waals surface area contributed by atoms with Gasteiger partial charge in [0.25, 0.3) is 0 Å². The van der Waals surface area contributed by atoms with E-state index < -0.39 is 0 Å². The molecule has 20 heavy (non-hydrogen) atoms. The summed E-state index contributed by atoms with van der Waals surface area (Å²) in [6.07, 6.45) is 8.57. The van der Waals surface area contributed by atoms with Crippen LogP contribution in [0, 0.1) is 19.3 Å². The van der Waals surface area contributed by atoms with Gasteiger partial charge in [0.2, 0.25) is 0 Å². The summed E-state index contributed by atoms with van der Waals surface area (Å²) in [5.74, 6) is 4.24. The van der Waals surface area contributed by atoms with E-state index in [-0.39, 0.29) is 5.41 Å². The highest BCUT2D eigenvalue weighted by atomic mass is 16.5. The van der Waals surface area contributed by atoms with Crippen molar-refractivity contribution in [3.8, 4) is 18.1 Å². The van der Waals surface area contributed by atoms with E-state index in [0.717, 1.165) is 25.0 Å². The van der Waals surface area contributed by atoms with Gasteiger partial charge in [-0.05, 0) is 30.2 Å². The molecule has 0 saturated carbocycles. The maximum absolute atomic E-state index is 5.76. The second-order valence-electron chi connectivity index (χ2n) is 6.58. The van der Waals surface area contributed by atoms with Crippen LogP contribution < -0.4 is 4.74 Å². The van der Waals surface area contributed by atoms with Crippen molar-refractivity contribution in [2.75, 3.05) is 7.11 Å². The normalized spacial score (nSPS) is 12.8. The highest BCUT2D eigenvalue weighted by Gasteiger charge is 2.24. The monoisotopic (exact) mass is 272 g/mol. The van der Waals surface area contributed by atoms with E-state index in [0.29, 0.717) is 5.92 Å². The van der Waals surface area contributed by atoms with E-state index in [1.54, 1.807) is 7.11 Å². The van der Waals surface area contributed by atoms with Crippen molar-refractivity contribution in [1.29, 1.82) is 0 Å². The van der Waals surface area contributed by atoms with Crippen molar-refractivity contribution in [3.05, 3.63) is 28.8 Å². The summed E-state index contributed by atoms with van der Waals surface area (Å²) in [6.45, 7) is 11.0. The summed E-state index contributed by atoms with van der Waals surface area (Å²) >= 11 is 0.